The van der Waals surface area contributed by atoms with E-state index in [1.165, 1.54) is 5.56 Å². The molecule has 3 aromatic rings. The summed E-state index contributed by atoms with van der Waals surface area (Å²) in [7, 11) is 0. The second-order valence-corrected chi connectivity index (χ2v) is 11.1. The molecule has 0 radical (unpaired) electrons. The lowest BCUT2D eigenvalue weighted by Gasteiger charge is -2.37. The van der Waals surface area contributed by atoms with Gasteiger partial charge in [-0.15, -0.1) is 0 Å². The SMILES string of the molecule is CCCCOc1c2n(c(CC3(c4ccc(Cl)cc4)CCCC3)nc1=O)CCN(C(C)c1ccccc1)C2=O. The molecule has 0 N–H and O–H groups in total. The van der Waals surface area contributed by atoms with Crippen LogP contribution in [0.25, 0.3) is 0 Å². The molecule has 1 amide bonds. The van der Waals surface area contributed by atoms with Crippen LogP contribution >= 0.6 is 11.6 Å². The predicted molar refractivity (Wildman–Crippen MR) is 150 cm³/mol. The standard InChI is InChI=1S/C31H36ClN3O3/c1-3-4-20-38-28-27-30(37)34(22(2)23-10-6-5-7-11-23)18-19-35(27)26(33-29(28)36)21-31(16-8-9-17-31)24-12-14-25(32)15-13-24/h5-7,10-15,22H,3-4,8-9,16-21H2,1-2H3. The van der Waals surface area contributed by atoms with Gasteiger partial charge in [-0.3, -0.25) is 9.59 Å². The van der Waals surface area contributed by atoms with Gasteiger partial charge < -0.3 is 14.2 Å². The van der Waals surface area contributed by atoms with E-state index < -0.39 is 5.56 Å². The lowest BCUT2D eigenvalue weighted by molar-refractivity contribution is 0.0617. The van der Waals surface area contributed by atoms with Gasteiger partial charge in [-0.05, 0) is 49.4 Å². The summed E-state index contributed by atoms with van der Waals surface area (Å²) in [5.41, 5.74) is 2.04. The van der Waals surface area contributed by atoms with Crippen molar-refractivity contribution in [3.63, 3.8) is 0 Å². The van der Waals surface area contributed by atoms with E-state index in [1.54, 1.807) is 0 Å². The fourth-order valence-electron chi connectivity index (χ4n) is 6.07. The summed E-state index contributed by atoms with van der Waals surface area (Å²) in [5, 5.41) is 0.709. The van der Waals surface area contributed by atoms with Crippen LogP contribution in [0.1, 0.15) is 85.9 Å². The van der Waals surface area contributed by atoms with Crippen LogP contribution in [0, 0.1) is 0 Å². The number of amides is 1. The lowest BCUT2D eigenvalue weighted by atomic mass is 9.76. The molecule has 200 valence electrons. The Morgan fingerprint density at radius 2 is 1.74 bits per heavy atom. The Kier molecular flexibility index (Phi) is 7.89. The normalized spacial score (nSPS) is 17.3. The number of fused-ring (bicyclic) bond motifs is 1. The van der Waals surface area contributed by atoms with Crippen LogP contribution in [0.3, 0.4) is 0 Å². The Hall–Kier alpha value is -3.12. The first-order valence-corrected chi connectivity index (χ1v) is 14.2. The Morgan fingerprint density at radius 1 is 1.03 bits per heavy atom. The Morgan fingerprint density at radius 3 is 2.42 bits per heavy atom. The number of carbonyl (C=O) groups is 1. The number of hydrogen-bond donors (Lipinski definition) is 0. The van der Waals surface area contributed by atoms with Gasteiger partial charge in [0.1, 0.15) is 5.82 Å². The first-order chi connectivity index (χ1) is 18.4. The highest BCUT2D eigenvalue weighted by Crippen LogP contribution is 2.44. The Labute approximate surface area is 229 Å². The van der Waals surface area contributed by atoms with Gasteiger partial charge in [0.05, 0.1) is 12.6 Å². The number of hydrogen-bond acceptors (Lipinski definition) is 4. The van der Waals surface area contributed by atoms with Gasteiger partial charge >= 0.3 is 5.56 Å². The summed E-state index contributed by atoms with van der Waals surface area (Å²) in [4.78, 5) is 33.9. The molecule has 1 saturated carbocycles. The van der Waals surface area contributed by atoms with Crippen molar-refractivity contribution in [3.05, 3.63) is 92.6 Å². The molecule has 38 heavy (non-hydrogen) atoms. The minimum atomic E-state index is -0.450. The van der Waals surface area contributed by atoms with Gasteiger partial charge in [-0.2, -0.15) is 4.98 Å². The fourth-order valence-corrected chi connectivity index (χ4v) is 6.20. The minimum Gasteiger partial charge on any atom is -0.486 e. The van der Waals surface area contributed by atoms with E-state index in [0.717, 1.165) is 44.1 Å². The molecule has 0 bridgehead atoms. The number of nitrogens with zero attached hydrogens (tertiary/aromatic N) is 3. The maximum absolute atomic E-state index is 14.1. The van der Waals surface area contributed by atoms with Crippen LogP contribution in [-0.4, -0.2) is 33.5 Å². The van der Waals surface area contributed by atoms with E-state index in [1.807, 2.05) is 58.9 Å². The molecular weight excluding hydrogens is 498 g/mol. The smallest absolute Gasteiger partial charge is 0.316 e. The number of unbranched alkanes of at least 4 members (excludes halogenated alkanes) is 1. The van der Waals surface area contributed by atoms with Crippen LogP contribution in [-0.2, 0) is 18.4 Å². The molecule has 1 fully saturated rings. The molecule has 1 atom stereocenters. The zero-order chi connectivity index (χ0) is 26.7. The third-order valence-electron chi connectivity index (χ3n) is 8.26. The second-order valence-electron chi connectivity index (χ2n) is 10.6. The molecule has 0 spiro atoms. The zero-order valence-electron chi connectivity index (χ0n) is 22.3. The third-order valence-corrected chi connectivity index (χ3v) is 8.51. The van der Waals surface area contributed by atoms with Crippen molar-refractivity contribution in [2.24, 2.45) is 0 Å². The van der Waals surface area contributed by atoms with Gasteiger partial charge in [0.15, 0.2) is 5.69 Å². The summed E-state index contributed by atoms with van der Waals surface area (Å²) in [5.74, 6) is 0.584. The molecule has 7 heteroatoms. The second kappa shape index (κ2) is 11.3. The highest BCUT2D eigenvalue weighted by molar-refractivity contribution is 6.30. The summed E-state index contributed by atoms with van der Waals surface area (Å²) < 4.78 is 7.94. The van der Waals surface area contributed by atoms with Crippen LogP contribution in [0.4, 0.5) is 0 Å². The average Bonchev–Trinajstić information content (AvgIpc) is 3.40. The van der Waals surface area contributed by atoms with E-state index in [4.69, 9.17) is 16.3 Å². The molecule has 2 heterocycles. The van der Waals surface area contributed by atoms with E-state index in [2.05, 4.69) is 24.0 Å². The maximum Gasteiger partial charge on any atom is 0.316 e. The van der Waals surface area contributed by atoms with E-state index in [9.17, 15) is 9.59 Å². The van der Waals surface area contributed by atoms with Gasteiger partial charge in [-0.1, -0.05) is 80.3 Å². The van der Waals surface area contributed by atoms with Gasteiger partial charge in [0, 0.05) is 29.9 Å². The molecule has 6 nitrogen and oxygen atoms in total. The third kappa shape index (κ3) is 5.11. The molecular formula is C31H36ClN3O3. The Balaban J connectivity index is 1.56. The van der Waals surface area contributed by atoms with Crippen LogP contribution in [0.15, 0.2) is 59.4 Å². The molecule has 1 aliphatic heterocycles. The first kappa shape index (κ1) is 26.5. The van der Waals surface area contributed by atoms with Crippen LogP contribution in [0.5, 0.6) is 5.75 Å². The highest BCUT2D eigenvalue weighted by Gasteiger charge is 2.40. The molecule has 2 aromatic carbocycles. The zero-order valence-corrected chi connectivity index (χ0v) is 23.0. The Bertz CT molecular complexity index is 1330. The van der Waals surface area contributed by atoms with Crippen molar-refractivity contribution in [2.75, 3.05) is 13.2 Å². The summed E-state index contributed by atoms with van der Waals surface area (Å²) in [6.07, 6.45) is 6.62. The summed E-state index contributed by atoms with van der Waals surface area (Å²) in [6.45, 7) is 5.60. The minimum absolute atomic E-state index is 0.0872. The summed E-state index contributed by atoms with van der Waals surface area (Å²) >= 11 is 6.19. The van der Waals surface area contributed by atoms with Crippen LogP contribution < -0.4 is 10.3 Å². The van der Waals surface area contributed by atoms with E-state index in [0.29, 0.717) is 42.7 Å². The maximum atomic E-state index is 14.1. The molecule has 1 unspecified atom stereocenters. The topological polar surface area (TPSA) is 64.4 Å². The monoisotopic (exact) mass is 533 g/mol. The van der Waals surface area contributed by atoms with E-state index in [-0.39, 0.29) is 23.1 Å². The van der Waals surface area contributed by atoms with Crippen molar-refractivity contribution >= 4 is 17.5 Å². The van der Waals surface area contributed by atoms with E-state index >= 15 is 0 Å². The lowest BCUT2D eigenvalue weighted by Crippen LogP contribution is -2.45. The highest BCUT2D eigenvalue weighted by atomic mass is 35.5. The van der Waals surface area contributed by atoms with Gasteiger partial charge in [0.2, 0.25) is 5.75 Å². The number of aromatic nitrogens is 2. The van der Waals surface area contributed by atoms with Crippen molar-refractivity contribution in [3.8, 4) is 5.75 Å². The average molecular weight is 534 g/mol. The first-order valence-electron chi connectivity index (χ1n) is 13.8. The number of halogens is 1. The summed E-state index contributed by atoms with van der Waals surface area (Å²) in [6, 6.07) is 17.9. The van der Waals surface area contributed by atoms with Gasteiger partial charge in [0.25, 0.3) is 5.91 Å². The predicted octanol–water partition coefficient (Wildman–Crippen LogP) is 6.35. The molecule has 0 saturated heterocycles. The largest absolute Gasteiger partial charge is 0.486 e. The number of benzene rings is 2. The van der Waals surface area contributed by atoms with Gasteiger partial charge in [-0.25, -0.2) is 0 Å². The number of ether oxygens (including phenoxy) is 1. The number of rotatable bonds is 9. The molecule has 2 aliphatic rings. The molecule has 1 aromatic heterocycles. The number of carbonyl (C=O) groups excluding carboxylic acids is 1. The fraction of sp³-hybridized carbons (Fsp3) is 0.452. The molecule has 5 rings (SSSR count). The van der Waals surface area contributed by atoms with Crippen molar-refractivity contribution in [1.82, 2.24) is 14.5 Å². The van der Waals surface area contributed by atoms with Crippen molar-refractivity contribution in [2.45, 2.75) is 76.8 Å². The van der Waals surface area contributed by atoms with Crippen molar-refractivity contribution in [1.29, 1.82) is 0 Å². The molecule has 1 aliphatic carbocycles. The quantitative estimate of drug-likeness (QED) is 0.301. The van der Waals surface area contributed by atoms with Crippen molar-refractivity contribution < 1.29 is 9.53 Å². The van der Waals surface area contributed by atoms with Crippen LogP contribution in [0.2, 0.25) is 5.02 Å².